The van der Waals surface area contributed by atoms with Gasteiger partial charge in [-0.15, -0.1) is 0 Å². The molecule has 7 nitrogen and oxygen atoms in total. The molecule has 1 fully saturated rings. The van der Waals surface area contributed by atoms with Gasteiger partial charge < -0.3 is 24.8 Å². The molecule has 0 aromatic heterocycles. The zero-order valence-corrected chi connectivity index (χ0v) is 19.2. The van der Waals surface area contributed by atoms with E-state index in [1.807, 2.05) is 17.0 Å². The number of nitrogens with zero attached hydrogens (tertiary/aromatic N) is 1. The molecule has 0 radical (unpaired) electrons. The Labute approximate surface area is 193 Å². The van der Waals surface area contributed by atoms with E-state index in [9.17, 15) is 9.59 Å². The smallest absolute Gasteiger partial charge is 0.258 e. The van der Waals surface area contributed by atoms with Crippen LogP contribution in [0.1, 0.15) is 48.0 Å². The lowest BCUT2D eigenvalue weighted by Gasteiger charge is -2.35. The van der Waals surface area contributed by atoms with E-state index in [4.69, 9.17) is 31.5 Å². The molecule has 0 bridgehead atoms. The average molecular weight is 461 g/mol. The molecule has 0 atom stereocenters. The Balaban J connectivity index is 1.91. The summed E-state index contributed by atoms with van der Waals surface area (Å²) in [5.41, 5.74) is 6.49. The lowest BCUT2D eigenvalue weighted by atomic mass is 9.93. The monoisotopic (exact) mass is 460 g/mol. The summed E-state index contributed by atoms with van der Waals surface area (Å²) in [6.45, 7) is 0.155. The molecule has 0 aliphatic heterocycles. The summed E-state index contributed by atoms with van der Waals surface area (Å²) in [6, 6.07) is 10.6. The van der Waals surface area contributed by atoms with Crippen molar-refractivity contribution >= 4 is 23.4 Å². The van der Waals surface area contributed by atoms with Crippen molar-refractivity contribution in [2.24, 2.45) is 5.73 Å². The van der Waals surface area contributed by atoms with Gasteiger partial charge in [0, 0.05) is 17.6 Å². The molecule has 1 aliphatic carbocycles. The van der Waals surface area contributed by atoms with Gasteiger partial charge in [-0.1, -0.05) is 36.9 Å². The fourth-order valence-electron chi connectivity index (χ4n) is 4.04. The number of carbonyl (C=O) groups excluding carboxylic acids is 2. The normalized spacial score (nSPS) is 14.0. The van der Waals surface area contributed by atoms with Crippen LogP contribution in [0.3, 0.4) is 0 Å². The van der Waals surface area contributed by atoms with Crippen LogP contribution in [-0.4, -0.2) is 43.6 Å². The number of carbonyl (C=O) groups is 2. The summed E-state index contributed by atoms with van der Waals surface area (Å²) in [7, 11) is 3.07. The molecule has 3 rings (SSSR count). The van der Waals surface area contributed by atoms with Crippen LogP contribution in [0.15, 0.2) is 36.4 Å². The number of ether oxygens (including phenoxy) is 3. The number of halogens is 1. The second-order valence-corrected chi connectivity index (χ2v) is 8.25. The molecule has 0 unspecified atom stereocenters. The van der Waals surface area contributed by atoms with Crippen LogP contribution in [0.2, 0.25) is 5.02 Å². The van der Waals surface area contributed by atoms with Crippen molar-refractivity contribution in [3.63, 3.8) is 0 Å². The summed E-state index contributed by atoms with van der Waals surface area (Å²) in [4.78, 5) is 26.6. The minimum absolute atomic E-state index is 0.121. The SMILES string of the molecule is COc1cc(CN(C(=O)c2cc(Cl)ccc2OC)C2CCCCC2)ccc1OCC(N)=O. The number of nitrogens with two attached hydrogens (primary N) is 1. The highest BCUT2D eigenvalue weighted by Crippen LogP contribution is 2.32. The molecule has 0 heterocycles. The van der Waals surface area contributed by atoms with Crippen molar-refractivity contribution < 1.29 is 23.8 Å². The first-order valence-electron chi connectivity index (χ1n) is 10.7. The highest BCUT2D eigenvalue weighted by atomic mass is 35.5. The van der Waals surface area contributed by atoms with Crippen LogP contribution in [0.4, 0.5) is 0 Å². The van der Waals surface area contributed by atoms with Gasteiger partial charge >= 0.3 is 0 Å². The van der Waals surface area contributed by atoms with E-state index in [1.165, 1.54) is 13.5 Å². The van der Waals surface area contributed by atoms with Crippen molar-refractivity contribution in [2.45, 2.75) is 44.7 Å². The Bertz CT molecular complexity index is 959. The van der Waals surface area contributed by atoms with E-state index in [2.05, 4.69) is 0 Å². The topological polar surface area (TPSA) is 91.1 Å². The first-order valence-corrected chi connectivity index (χ1v) is 11.0. The van der Waals surface area contributed by atoms with Gasteiger partial charge in [-0.25, -0.2) is 0 Å². The van der Waals surface area contributed by atoms with Gasteiger partial charge in [0.25, 0.3) is 11.8 Å². The Morgan fingerprint density at radius 2 is 1.69 bits per heavy atom. The minimum Gasteiger partial charge on any atom is -0.496 e. The lowest BCUT2D eigenvalue weighted by molar-refractivity contribution is -0.119. The summed E-state index contributed by atoms with van der Waals surface area (Å²) >= 11 is 6.19. The molecular weight excluding hydrogens is 432 g/mol. The van der Waals surface area contributed by atoms with Crippen LogP contribution < -0.4 is 19.9 Å². The maximum atomic E-state index is 13.7. The quantitative estimate of drug-likeness (QED) is 0.605. The number of benzene rings is 2. The largest absolute Gasteiger partial charge is 0.496 e. The van der Waals surface area contributed by atoms with Gasteiger partial charge in [-0.3, -0.25) is 9.59 Å². The highest BCUT2D eigenvalue weighted by molar-refractivity contribution is 6.31. The molecule has 0 saturated heterocycles. The van der Waals surface area contributed by atoms with Gasteiger partial charge in [0.15, 0.2) is 18.1 Å². The molecule has 2 aromatic rings. The molecule has 2 aromatic carbocycles. The first kappa shape index (κ1) is 23.7. The number of rotatable bonds is 9. The predicted octanol–water partition coefficient (Wildman–Crippen LogP) is 4.20. The van der Waals surface area contributed by atoms with Crippen molar-refractivity contribution in [1.82, 2.24) is 4.90 Å². The Morgan fingerprint density at radius 1 is 1.00 bits per heavy atom. The molecule has 2 N–H and O–H groups in total. The number of hydrogen-bond donors (Lipinski definition) is 1. The third kappa shape index (κ3) is 5.85. The van der Waals surface area contributed by atoms with Crippen LogP contribution in [0.25, 0.3) is 0 Å². The van der Waals surface area contributed by atoms with Crippen molar-refractivity contribution in [2.75, 3.05) is 20.8 Å². The van der Waals surface area contributed by atoms with Crippen molar-refractivity contribution in [3.8, 4) is 17.2 Å². The summed E-state index contributed by atoms with van der Waals surface area (Å²) in [5.74, 6) is 0.695. The molecular formula is C24H29ClN2O5. The molecule has 172 valence electrons. The summed E-state index contributed by atoms with van der Waals surface area (Å²) < 4.78 is 16.3. The van der Waals surface area contributed by atoms with Crippen LogP contribution >= 0.6 is 11.6 Å². The maximum Gasteiger partial charge on any atom is 0.258 e. The summed E-state index contributed by atoms with van der Waals surface area (Å²) in [6.07, 6.45) is 5.25. The highest BCUT2D eigenvalue weighted by Gasteiger charge is 2.28. The molecule has 1 saturated carbocycles. The molecule has 1 aliphatic rings. The number of primary amides is 1. The van der Waals surface area contributed by atoms with E-state index < -0.39 is 5.91 Å². The molecule has 8 heteroatoms. The first-order chi connectivity index (χ1) is 15.4. The third-order valence-corrected chi connectivity index (χ3v) is 5.85. The molecule has 32 heavy (non-hydrogen) atoms. The number of hydrogen-bond acceptors (Lipinski definition) is 5. The van der Waals surface area contributed by atoms with Gasteiger partial charge in [0.05, 0.1) is 19.8 Å². The van der Waals surface area contributed by atoms with Gasteiger partial charge in [0.2, 0.25) is 0 Å². The minimum atomic E-state index is -0.569. The Morgan fingerprint density at radius 3 is 2.34 bits per heavy atom. The second-order valence-electron chi connectivity index (χ2n) is 7.81. The van der Waals surface area contributed by atoms with Gasteiger partial charge in [-0.2, -0.15) is 0 Å². The van der Waals surface area contributed by atoms with E-state index in [0.717, 1.165) is 31.2 Å². The Kier molecular flexibility index (Phi) is 8.22. The predicted molar refractivity (Wildman–Crippen MR) is 122 cm³/mol. The average Bonchev–Trinajstić information content (AvgIpc) is 2.81. The zero-order valence-electron chi connectivity index (χ0n) is 18.4. The van der Waals surface area contributed by atoms with E-state index in [0.29, 0.717) is 34.4 Å². The Hall–Kier alpha value is -2.93. The van der Waals surface area contributed by atoms with Crippen LogP contribution in [-0.2, 0) is 11.3 Å². The fourth-order valence-corrected chi connectivity index (χ4v) is 4.21. The third-order valence-electron chi connectivity index (χ3n) is 5.62. The molecule has 2 amide bonds. The van der Waals surface area contributed by atoms with E-state index in [-0.39, 0.29) is 18.6 Å². The van der Waals surface area contributed by atoms with Crippen molar-refractivity contribution in [3.05, 3.63) is 52.5 Å². The van der Waals surface area contributed by atoms with Crippen LogP contribution in [0, 0.1) is 0 Å². The van der Waals surface area contributed by atoms with Crippen molar-refractivity contribution in [1.29, 1.82) is 0 Å². The van der Waals surface area contributed by atoms with Gasteiger partial charge in [-0.05, 0) is 48.7 Å². The van der Waals surface area contributed by atoms with Crippen LogP contribution in [0.5, 0.6) is 17.2 Å². The number of amides is 2. The molecule has 0 spiro atoms. The fraction of sp³-hybridized carbons (Fsp3) is 0.417. The number of methoxy groups -OCH3 is 2. The summed E-state index contributed by atoms with van der Waals surface area (Å²) in [5, 5.41) is 0.482. The lowest BCUT2D eigenvalue weighted by Crippen LogP contribution is -2.41. The second kappa shape index (κ2) is 11.1. The van der Waals surface area contributed by atoms with Gasteiger partial charge in [0.1, 0.15) is 5.75 Å². The standard InChI is InChI=1S/C24H29ClN2O5/c1-30-20-11-9-17(25)13-19(20)24(29)27(18-6-4-3-5-7-18)14-16-8-10-21(22(12-16)31-2)32-15-23(26)28/h8-13,18H,3-7,14-15H2,1-2H3,(H2,26,28). The van der Waals surface area contributed by atoms with E-state index in [1.54, 1.807) is 31.4 Å². The van der Waals surface area contributed by atoms with E-state index >= 15 is 0 Å². The maximum absolute atomic E-state index is 13.7. The zero-order chi connectivity index (χ0) is 23.1.